The average Bonchev–Trinajstić information content (AvgIpc) is 2.65. The predicted molar refractivity (Wildman–Crippen MR) is 95.5 cm³/mol. The largest absolute Gasteiger partial charge is 0.466 e. The second kappa shape index (κ2) is 9.80. The summed E-state index contributed by atoms with van der Waals surface area (Å²) in [4.78, 5) is 11.1. The fourth-order valence-corrected chi connectivity index (χ4v) is 3.46. The molecule has 0 heterocycles. The highest BCUT2D eigenvalue weighted by molar-refractivity contribution is 5.68. The number of ether oxygens (including phenoxy) is 1. The summed E-state index contributed by atoms with van der Waals surface area (Å²) in [6.45, 7) is 3.04. The molecule has 24 heavy (non-hydrogen) atoms. The number of aliphatic hydroxyl groups is 1. The van der Waals surface area contributed by atoms with Gasteiger partial charge in [-0.15, -0.1) is 0 Å². The van der Waals surface area contributed by atoms with E-state index in [2.05, 4.69) is 12.1 Å². The van der Waals surface area contributed by atoms with E-state index in [1.165, 1.54) is 5.56 Å². The zero-order chi connectivity index (χ0) is 17.4. The number of nitrogens with two attached hydrogens (primary N) is 1. The molecule has 2 rings (SSSR count). The van der Waals surface area contributed by atoms with Crippen LogP contribution in [0.15, 0.2) is 24.3 Å². The third-order valence-electron chi connectivity index (χ3n) is 5.15. The van der Waals surface area contributed by atoms with Crippen molar-refractivity contribution in [2.24, 2.45) is 17.6 Å². The summed E-state index contributed by atoms with van der Waals surface area (Å²) >= 11 is 0. The van der Waals surface area contributed by atoms with Crippen molar-refractivity contribution in [2.45, 2.75) is 58.0 Å². The van der Waals surface area contributed by atoms with E-state index in [1.54, 1.807) is 6.92 Å². The van der Waals surface area contributed by atoms with Gasteiger partial charge in [0.25, 0.3) is 0 Å². The Labute approximate surface area is 145 Å². The van der Waals surface area contributed by atoms with Crippen LogP contribution in [-0.4, -0.2) is 24.2 Å². The van der Waals surface area contributed by atoms with E-state index in [4.69, 9.17) is 10.5 Å². The third-order valence-corrected chi connectivity index (χ3v) is 5.15. The first-order valence-corrected chi connectivity index (χ1v) is 9.26. The molecule has 1 aliphatic rings. The molecule has 0 bridgehead atoms. The van der Waals surface area contributed by atoms with Crippen molar-refractivity contribution < 1.29 is 14.6 Å². The monoisotopic (exact) mass is 333 g/mol. The highest BCUT2D eigenvalue weighted by Gasteiger charge is 2.26. The first kappa shape index (κ1) is 18.9. The van der Waals surface area contributed by atoms with Crippen LogP contribution in [0.4, 0.5) is 0 Å². The van der Waals surface area contributed by atoms with E-state index in [-0.39, 0.29) is 12.1 Å². The Morgan fingerprint density at radius 3 is 2.50 bits per heavy atom. The molecule has 1 saturated carbocycles. The van der Waals surface area contributed by atoms with Gasteiger partial charge in [-0.3, -0.25) is 4.79 Å². The SMILES string of the molecule is CCC(=O)OCCCc1ccc(C(O)C2CCC(CN)CC2)cc1. The lowest BCUT2D eigenvalue weighted by Crippen LogP contribution is -2.24. The van der Waals surface area contributed by atoms with E-state index in [9.17, 15) is 9.90 Å². The highest BCUT2D eigenvalue weighted by Crippen LogP contribution is 2.36. The third kappa shape index (κ3) is 5.60. The molecule has 1 aromatic carbocycles. The van der Waals surface area contributed by atoms with Crippen molar-refractivity contribution in [1.29, 1.82) is 0 Å². The molecule has 0 radical (unpaired) electrons. The van der Waals surface area contributed by atoms with Gasteiger partial charge in [-0.25, -0.2) is 0 Å². The van der Waals surface area contributed by atoms with Crippen molar-refractivity contribution in [2.75, 3.05) is 13.2 Å². The Morgan fingerprint density at radius 1 is 1.25 bits per heavy atom. The van der Waals surface area contributed by atoms with Gasteiger partial charge in [0.2, 0.25) is 0 Å². The van der Waals surface area contributed by atoms with Gasteiger partial charge in [0, 0.05) is 6.42 Å². The molecule has 1 atom stereocenters. The lowest BCUT2D eigenvalue weighted by Gasteiger charge is -2.31. The smallest absolute Gasteiger partial charge is 0.305 e. The van der Waals surface area contributed by atoms with E-state index in [0.717, 1.165) is 50.6 Å². The van der Waals surface area contributed by atoms with Crippen molar-refractivity contribution in [3.05, 3.63) is 35.4 Å². The fraction of sp³-hybridized carbons (Fsp3) is 0.650. The number of aryl methyl sites for hydroxylation is 1. The topological polar surface area (TPSA) is 72.5 Å². The highest BCUT2D eigenvalue weighted by atomic mass is 16.5. The molecule has 134 valence electrons. The molecule has 4 heteroatoms. The van der Waals surface area contributed by atoms with Gasteiger partial charge in [0.05, 0.1) is 12.7 Å². The number of carbonyl (C=O) groups excluding carboxylic acids is 1. The van der Waals surface area contributed by atoms with Crippen LogP contribution in [0, 0.1) is 11.8 Å². The molecule has 4 nitrogen and oxygen atoms in total. The van der Waals surface area contributed by atoms with Crippen LogP contribution < -0.4 is 5.73 Å². The summed E-state index contributed by atoms with van der Waals surface area (Å²) < 4.78 is 5.08. The minimum atomic E-state index is -0.372. The lowest BCUT2D eigenvalue weighted by molar-refractivity contribution is -0.143. The van der Waals surface area contributed by atoms with Gasteiger partial charge in [0.15, 0.2) is 0 Å². The summed E-state index contributed by atoms with van der Waals surface area (Å²) in [7, 11) is 0. The number of carbonyl (C=O) groups is 1. The summed E-state index contributed by atoms with van der Waals surface area (Å²) in [6.07, 6.45) is 6.16. The minimum absolute atomic E-state index is 0.141. The van der Waals surface area contributed by atoms with Gasteiger partial charge in [-0.2, -0.15) is 0 Å². The molecule has 0 spiro atoms. The second-order valence-electron chi connectivity index (χ2n) is 6.88. The van der Waals surface area contributed by atoms with Crippen LogP contribution in [0.25, 0.3) is 0 Å². The number of hydrogen-bond acceptors (Lipinski definition) is 4. The summed E-state index contributed by atoms with van der Waals surface area (Å²) in [6, 6.07) is 8.22. The van der Waals surface area contributed by atoms with Crippen molar-refractivity contribution >= 4 is 5.97 Å². The maximum atomic E-state index is 11.1. The normalized spacial score (nSPS) is 22.1. The number of benzene rings is 1. The zero-order valence-electron chi connectivity index (χ0n) is 14.7. The van der Waals surface area contributed by atoms with Gasteiger partial charge < -0.3 is 15.6 Å². The number of esters is 1. The van der Waals surface area contributed by atoms with Crippen LogP contribution in [0.2, 0.25) is 0 Å². The molecular formula is C20H31NO3. The van der Waals surface area contributed by atoms with Crippen LogP contribution in [0.3, 0.4) is 0 Å². The summed E-state index contributed by atoms with van der Waals surface area (Å²) in [5.74, 6) is 0.850. The van der Waals surface area contributed by atoms with Gasteiger partial charge >= 0.3 is 5.97 Å². The van der Waals surface area contributed by atoms with Crippen LogP contribution >= 0.6 is 0 Å². The van der Waals surface area contributed by atoms with Gasteiger partial charge in [-0.1, -0.05) is 31.2 Å². The maximum absolute atomic E-state index is 11.1. The van der Waals surface area contributed by atoms with Crippen LogP contribution in [0.5, 0.6) is 0 Å². The first-order valence-electron chi connectivity index (χ1n) is 9.26. The Bertz CT molecular complexity index is 492. The molecule has 0 amide bonds. The predicted octanol–water partition coefficient (Wildman–Crippen LogP) is 3.37. The lowest BCUT2D eigenvalue weighted by atomic mass is 9.78. The Kier molecular flexibility index (Phi) is 7.73. The minimum Gasteiger partial charge on any atom is -0.466 e. The molecule has 0 saturated heterocycles. The molecule has 1 aliphatic carbocycles. The molecule has 0 aromatic heterocycles. The molecular weight excluding hydrogens is 302 g/mol. The molecule has 1 unspecified atom stereocenters. The van der Waals surface area contributed by atoms with Gasteiger partial charge in [-0.05, 0) is 68.0 Å². The number of aliphatic hydroxyl groups excluding tert-OH is 1. The Balaban J connectivity index is 1.77. The van der Waals surface area contributed by atoms with Crippen LogP contribution in [0.1, 0.15) is 62.7 Å². The van der Waals surface area contributed by atoms with Crippen molar-refractivity contribution in [3.63, 3.8) is 0 Å². The van der Waals surface area contributed by atoms with Gasteiger partial charge in [0.1, 0.15) is 0 Å². The molecule has 3 N–H and O–H groups in total. The molecule has 1 aromatic rings. The quantitative estimate of drug-likeness (QED) is 0.565. The fourth-order valence-electron chi connectivity index (χ4n) is 3.46. The number of rotatable bonds is 8. The molecule has 1 fully saturated rings. The van der Waals surface area contributed by atoms with Crippen molar-refractivity contribution in [3.8, 4) is 0 Å². The zero-order valence-corrected chi connectivity index (χ0v) is 14.7. The van der Waals surface area contributed by atoms with Crippen molar-refractivity contribution in [1.82, 2.24) is 0 Å². The Morgan fingerprint density at radius 2 is 1.92 bits per heavy atom. The summed E-state index contributed by atoms with van der Waals surface area (Å²) in [5.41, 5.74) is 7.96. The second-order valence-corrected chi connectivity index (χ2v) is 6.88. The molecule has 0 aliphatic heterocycles. The maximum Gasteiger partial charge on any atom is 0.305 e. The van der Waals surface area contributed by atoms with E-state index < -0.39 is 0 Å². The summed E-state index contributed by atoms with van der Waals surface area (Å²) in [5, 5.41) is 10.6. The van der Waals surface area contributed by atoms with E-state index in [1.807, 2.05) is 12.1 Å². The first-order chi connectivity index (χ1) is 11.6. The van der Waals surface area contributed by atoms with E-state index in [0.29, 0.717) is 24.9 Å². The van der Waals surface area contributed by atoms with E-state index >= 15 is 0 Å². The van der Waals surface area contributed by atoms with Crippen LogP contribution in [-0.2, 0) is 16.0 Å². The average molecular weight is 333 g/mol. The standard InChI is InChI=1S/C20H31NO3/c1-2-19(22)24-13-3-4-15-5-9-17(10-6-15)20(23)18-11-7-16(14-21)8-12-18/h5-6,9-10,16,18,20,23H,2-4,7-8,11-14,21H2,1H3. The number of hydrogen-bond donors (Lipinski definition) is 2. The Hall–Kier alpha value is -1.39.